The summed E-state index contributed by atoms with van der Waals surface area (Å²) in [5, 5.41) is 21.6. The largest absolute Gasteiger partial charge is 0.480 e. The molecule has 0 fully saturated rings. The summed E-state index contributed by atoms with van der Waals surface area (Å²) in [5.41, 5.74) is 0. The van der Waals surface area contributed by atoms with Crippen LogP contribution >= 0.6 is 0 Å². The Labute approximate surface area is 91.1 Å². The number of nitrogens with one attached hydrogen (secondary N) is 2. The number of pyridine rings is 1. The van der Waals surface area contributed by atoms with E-state index in [1.54, 1.807) is 18.2 Å². The van der Waals surface area contributed by atoms with Crippen molar-refractivity contribution in [1.82, 2.24) is 10.3 Å². The van der Waals surface area contributed by atoms with Crippen molar-refractivity contribution in [3.05, 3.63) is 24.4 Å². The molecule has 7 nitrogen and oxygen atoms in total. The first-order valence-electron chi connectivity index (χ1n) is 4.45. The molecule has 1 atom stereocenters. The molecule has 1 aromatic rings. The molecule has 86 valence electrons. The van der Waals surface area contributed by atoms with E-state index in [2.05, 4.69) is 15.6 Å². The van der Waals surface area contributed by atoms with Gasteiger partial charge in [-0.2, -0.15) is 0 Å². The molecule has 0 radical (unpaired) electrons. The molecular weight excluding hydrogens is 214 g/mol. The molecular formula is C9H11N3O4. The van der Waals surface area contributed by atoms with E-state index in [1.807, 2.05) is 0 Å². The molecule has 4 N–H and O–H groups in total. The Balaban J connectivity index is 2.50. The molecule has 1 rings (SSSR count). The van der Waals surface area contributed by atoms with Gasteiger partial charge in [0.2, 0.25) is 0 Å². The van der Waals surface area contributed by atoms with Gasteiger partial charge in [-0.1, -0.05) is 6.07 Å². The number of carboxylic acid groups (broad SMARTS) is 1. The lowest BCUT2D eigenvalue weighted by Gasteiger charge is -2.11. The van der Waals surface area contributed by atoms with Gasteiger partial charge in [0, 0.05) is 6.20 Å². The van der Waals surface area contributed by atoms with Gasteiger partial charge in [0.25, 0.3) is 0 Å². The lowest BCUT2D eigenvalue weighted by atomic mass is 10.3. The summed E-state index contributed by atoms with van der Waals surface area (Å²) in [6, 6.07) is 2.83. The fourth-order valence-corrected chi connectivity index (χ4v) is 0.933. The number of aliphatic hydroxyl groups excluding tert-OH is 1. The number of rotatable bonds is 4. The Morgan fingerprint density at radius 1 is 1.44 bits per heavy atom. The Bertz CT molecular complexity index is 368. The van der Waals surface area contributed by atoms with Gasteiger partial charge in [0.1, 0.15) is 5.82 Å². The summed E-state index contributed by atoms with van der Waals surface area (Å²) in [6.07, 6.45) is 1.48. The molecule has 0 aliphatic heterocycles. The second kappa shape index (κ2) is 5.66. The zero-order valence-corrected chi connectivity index (χ0v) is 8.25. The van der Waals surface area contributed by atoms with E-state index in [0.717, 1.165) is 0 Å². The third-order valence-corrected chi connectivity index (χ3v) is 1.69. The molecule has 1 unspecified atom stereocenters. The smallest absolute Gasteiger partial charge is 0.328 e. The van der Waals surface area contributed by atoms with Crippen molar-refractivity contribution in [2.45, 2.75) is 6.04 Å². The van der Waals surface area contributed by atoms with Crippen molar-refractivity contribution in [2.75, 3.05) is 11.9 Å². The molecule has 1 heterocycles. The molecule has 1 aromatic heterocycles. The average Bonchev–Trinajstić information content (AvgIpc) is 2.27. The number of nitrogens with zero attached hydrogens (tertiary/aromatic N) is 1. The predicted octanol–water partition coefficient (Wildman–Crippen LogP) is -0.351. The van der Waals surface area contributed by atoms with E-state index < -0.39 is 24.6 Å². The summed E-state index contributed by atoms with van der Waals surface area (Å²) < 4.78 is 0. The highest BCUT2D eigenvalue weighted by molar-refractivity contribution is 5.91. The van der Waals surface area contributed by atoms with E-state index in [9.17, 15) is 9.59 Å². The van der Waals surface area contributed by atoms with Gasteiger partial charge < -0.3 is 15.5 Å². The van der Waals surface area contributed by atoms with Crippen LogP contribution in [0.25, 0.3) is 0 Å². The quantitative estimate of drug-likeness (QED) is 0.559. The number of carboxylic acids is 1. The third kappa shape index (κ3) is 3.54. The van der Waals surface area contributed by atoms with Gasteiger partial charge in [-0.15, -0.1) is 0 Å². The highest BCUT2D eigenvalue weighted by Crippen LogP contribution is 1.99. The Kier molecular flexibility index (Phi) is 4.22. The molecule has 7 heteroatoms. The summed E-state index contributed by atoms with van der Waals surface area (Å²) in [4.78, 5) is 25.6. The van der Waals surface area contributed by atoms with Crippen LogP contribution in [0, 0.1) is 0 Å². The Morgan fingerprint density at radius 2 is 2.19 bits per heavy atom. The molecule has 2 amide bonds. The number of aliphatic hydroxyl groups is 1. The molecule has 0 aromatic carbocycles. The number of amides is 2. The number of urea groups is 1. The topological polar surface area (TPSA) is 112 Å². The Morgan fingerprint density at radius 3 is 2.69 bits per heavy atom. The van der Waals surface area contributed by atoms with E-state index in [4.69, 9.17) is 10.2 Å². The number of aromatic nitrogens is 1. The van der Waals surface area contributed by atoms with Gasteiger partial charge in [0.05, 0.1) is 6.61 Å². The minimum atomic E-state index is -1.33. The second-order valence-corrected chi connectivity index (χ2v) is 2.89. The first-order valence-corrected chi connectivity index (χ1v) is 4.45. The van der Waals surface area contributed by atoms with E-state index >= 15 is 0 Å². The van der Waals surface area contributed by atoms with Gasteiger partial charge in [-0.05, 0) is 12.1 Å². The van der Waals surface area contributed by atoms with Crippen molar-refractivity contribution >= 4 is 17.8 Å². The van der Waals surface area contributed by atoms with Crippen LogP contribution < -0.4 is 10.6 Å². The predicted molar refractivity (Wildman–Crippen MR) is 54.9 cm³/mol. The number of anilines is 1. The first-order chi connectivity index (χ1) is 7.63. The maximum atomic E-state index is 11.2. The zero-order chi connectivity index (χ0) is 12.0. The molecule has 16 heavy (non-hydrogen) atoms. The summed E-state index contributed by atoms with van der Waals surface area (Å²) in [5.74, 6) is -1.01. The highest BCUT2D eigenvalue weighted by Gasteiger charge is 2.18. The fraction of sp³-hybridized carbons (Fsp3) is 0.222. The van der Waals surface area contributed by atoms with Crippen molar-refractivity contribution in [1.29, 1.82) is 0 Å². The maximum absolute atomic E-state index is 11.2. The van der Waals surface area contributed by atoms with Crippen LogP contribution in [0.5, 0.6) is 0 Å². The number of aliphatic carboxylic acids is 1. The molecule has 0 saturated heterocycles. The normalized spacial score (nSPS) is 11.6. The number of carbonyl (C=O) groups excluding carboxylic acids is 1. The van der Waals surface area contributed by atoms with E-state index in [0.29, 0.717) is 5.82 Å². The summed E-state index contributed by atoms with van der Waals surface area (Å²) in [7, 11) is 0. The van der Waals surface area contributed by atoms with Crippen LogP contribution in [0.4, 0.5) is 10.6 Å². The SMILES string of the molecule is O=C(Nc1ccccn1)NC(CO)C(=O)O. The molecule has 0 aliphatic carbocycles. The van der Waals surface area contributed by atoms with Crippen molar-refractivity contribution in [3.63, 3.8) is 0 Å². The summed E-state index contributed by atoms with van der Waals surface area (Å²) in [6.45, 7) is -0.676. The van der Waals surface area contributed by atoms with Crippen LogP contribution in [0.2, 0.25) is 0 Å². The first kappa shape index (κ1) is 11.9. The molecule has 0 bridgehead atoms. The van der Waals surface area contributed by atoms with Crippen molar-refractivity contribution in [3.8, 4) is 0 Å². The van der Waals surface area contributed by atoms with Crippen LogP contribution in [-0.4, -0.2) is 39.8 Å². The van der Waals surface area contributed by atoms with Crippen molar-refractivity contribution in [2.24, 2.45) is 0 Å². The van der Waals surface area contributed by atoms with Gasteiger partial charge in [0.15, 0.2) is 6.04 Å². The third-order valence-electron chi connectivity index (χ3n) is 1.69. The van der Waals surface area contributed by atoms with Crippen LogP contribution in [0.1, 0.15) is 0 Å². The standard InChI is InChI=1S/C9H11N3O4/c13-5-6(8(14)15)11-9(16)12-7-3-1-2-4-10-7/h1-4,6,13H,5H2,(H,14,15)(H2,10,11,12,16). The minimum absolute atomic E-state index is 0.294. The van der Waals surface area contributed by atoms with Crippen molar-refractivity contribution < 1.29 is 19.8 Å². The van der Waals surface area contributed by atoms with Crippen LogP contribution in [-0.2, 0) is 4.79 Å². The summed E-state index contributed by atoms with van der Waals surface area (Å²) >= 11 is 0. The monoisotopic (exact) mass is 225 g/mol. The van der Waals surface area contributed by atoms with Gasteiger partial charge >= 0.3 is 12.0 Å². The van der Waals surface area contributed by atoms with E-state index in [-0.39, 0.29) is 0 Å². The molecule has 0 spiro atoms. The number of hydrogen-bond donors (Lipinski definition) is 4. The fourth-order valence-electron chi connectivity index (χ4n) is 0.933. The zero-order valence-electron chi connectivity index (χ0n) is 8.25. The minimum Gasteiger partial charge on any atom is -0.480 e. The van der Waals surface area contributed by atoms with Gasteiger partial charge in [-0.25, -0.2) is 14.6 Å². The number of carbonyl (C=O) groups is 2. The maximum Gasteiger partial charge on any atom is 0.328 e. The number of hydrogen-bond acceptors (Lipinski definition) is 4. The average molecular weight is 225 g/mol. The van der Waals surface area contributed by atoms with Gasteiger partial charge in [-0.3, -0.25) is 5.32 Å². The van der Waals surface area contributed by atoms with Crippen LogP contribution in [0.3, 0.4) is 0 Å². The lowest BCUT2D eigenvalue weighted by molar-refractivity contribution is -0.140. The van der Waals surface area contributed by atoms with E-state index in [1.165, 1.54) is 6.20 Å². The van der Waals surface area contributed by atoms with Crippen LogP contribution in [0.15, 0.2) is 24.4 Å². The lowest BCUT2D eigenvalue weighted by Crippen LogP contribution is -2.45. The second-order valence-electron chi connectivity index (χ2n) is 2.89. The highest BCUT2D eigenvalue weighted by atomic mass is 16.4. The molecule has 0 saturated carbocycles. The Hall–Kier alpha value is -2.15. The molecule has 0 aliphatic rings.